The van der Waals surface area contributed by atoms with Gasteiger partial charge in [-0.1, -0.05) is 13.0 Å². The summed E-state index contributed by atoms with van der Waals surface area (Å²) in [5.74, 6) is 1.23. The van der Waals surface area contributed by atoms with Gasteiger partial charge in [0.15, 0.2) is 0 Å². The maximum Gasteiger partial charge on any atom is 0.133 e. The van der Waals surface area contributed by atoms with Gasteiger partial charge in [0.2, 0.25) is 0 Å². The van der Waals surface area contributed by atoms with E-state index < -0.39 is 0 Å². The van der Waals surface area contributed by atoms with E-state index in [1.807, 2.05) is 39.8 Å². The van der Waals surface area contributed by atoms with E-state index in [0.29, 0.717) is 11.3 Å². The number of hydrogen-bond donors (Lipinski definition) is 1. The van der Waals surface area contributed by atoms with Crippen LogP contribution < -0.4 is 5.32 Å². The average molecular weight is 273 g/mol. The molecular weight excluding hydrogens is 253 g/mol. The van der Waals surface area contributed by atoms with Crippen molar-refractivity contribution in [3.63, 3.8) is 0 Å². The van der Waals surface area contributed by atoms with Gasteiger partial charge in [-0.2, -0.15) is 0 Å². The lowest BCUT2D eigenvalue weighted by atomic mass is 10.0. The normalized spacial score (nSPS) is 10.7. The first-order valence-electron chi connectivity index (χ1n) is 6.94. The van der Waals surface area contributed by atoms with Crippen LogP contribution in [0.25, 0.3) is 11.3 Å². The second kappa shape index (κ2) is 5.99. The van der Waals surface area contributed by atoms with E-state index in [1.165, 1.54) is 0 Å². The van der Waals surface area contributed by atoms with E-state index in [1.54, 1.807) is 6.07 Å². The second-order valence-electron chi connectivity index (χ2n) is 4.88. The van der Waals surface area contributed by atoms with Gasteiger partial charge in [-0.05, 0) is 38.0 Å². The van der Waals surface area contributed by atoms with Crippen LogP contribution in [0.1, 0.15) is 30.8 Å². The molecule has 0 atom stereocenters. The van der Waals surface area contributed by atoms with Crippen LogP contribution in [-0.4, -0.2) is 16.5 Å². The number of hydrogen-bond acceptors (Lipinski definition) is 3. The number of nitrogens with one attached hydrogen (secondary N) is 1. The van der Waals surface area contributed by atoms with Gasteiger partial charge in [0, 0.05) is 24.6 Å². The summed E-state index contributed by atoms with van der Waals surface area (Å²) >= 11 is 0. The van der Waals surface area contributed by atoms with Crippen molar-refractivity contribution in [3.8, 4) is 11.3 Å². The summed E-state index contributed by atoms with van der Waals surface area (Å²) in [5.41, 5.74) is 3.01. The molecule has 2 rings (SSSR count). The van der Waals surface area contributed by atoms with Crippen LogP contribution in [0.3, 0.4) is 0 Å². The zero-order valence-electron chi connectivity index (χ0n) is 12.4. The van der Waals surface area contributed by atoms with Gasteiger partial charge in [0.25, 0.3) is 0 Å². The fourth-order valence-electron chi connectivity index (χ4n) is 2.30. The molecule has 106 valence electrons. The largest absolute Gasteiger partial charge is 0.370 e. The first-order chi connectivity index (χ1) is 9.55. The quantitative estimate of drug-likeness (QED) is 0.918. The summed E-state index contributed by atoms with van der Waals surface area (Å²) in [6.45, 7) is 8.57. The van der Waals surface area contributed by atoms with E-state index in [0.717, 1.165) is 35.7 Å². The Morgan fingerprint density at radius 3 is 2.45 bits per heavy atom. The molecule has 0 saturated heterocycles. The third-order valence-corrected chi connectivity index (χ3v) is 3.13. The molecule has 4 heteroatoms. The van der Waals surface area contributed by atoms with Crippen molar-refractivity contribution in [3.05, 3.63) is 41.0 Å². The highest BCUT2D eigenvalue weighted by Crippen LogP contribution is 2.27. The molecule has 0 spiro atoms. The molecule has 2 aromatic rings. The predicted molar refractivity (Wildman–Crippen MR) is 80.4 cm³/mol. The number of rotatable bonds is 4. The third-order valence-electron chi connectivity index (χ3n) is 3.13. The maximum atomic E-state index is 14.3. The molecule has 0 amide bonds. The topological polar surface area (TPSA) is 37.8 Å². The standard InChI is InChI=1S/C16H20FN3/c1-5-14-19-13(9-15(20-14)18-6-2)16-11(4)7-10(3)8-12(16)17/h7-9H,5-6H2,1-4H3,(H,18,19,20). The first kappa shape index (κ1) is 14.4. The van der Waals surface area contributed by atoms with Crippen molar-refractivity contribution >= 4 is 5.82 Å². The Morgan fingerprint density at radius 2 is 1.85 bits per heavy atom. The highest BCUT2D eigenvalue weighted by molar-refractivity contribution is 5.67. The SMILES string of the molecule is CCNc1cc(-c2c(C)cc(C)cc2F)nc(CC)n1. The van der Waals surface area contributed by atoms with Crippen molar-refractivity contribution in [2.45, 2.75) is 34.1 Å². The fourth-order valence-corrected chi connectivity index (χ4v) is 2.30. The summed E-state index contributed by atoms with van der Waals surface area (Å²) < 4.78 is 14.3. The Kier molecular flexibility index (Phi) is 4.32. The molecule has 1 heterocycles. The number of aromatic nitrogens is 2. The third kappa shape index (κ3) is 2.95. The van der Waals surface area contributed by atoms with Gasteiger partial charge < -0.3 is 5.32 Å². The Morgan fingerprint density at radius 1 is 1.10 bits per heavy atom. The number of nitrogens with zero attached hydrogens (tertiary/aromatic N) is 2. The molecule has 1 aromatic heterocycles. The highest BCUT2D eigenvalue weighted by atomic mass is 19.1. The smallest absolute Gasteiger partial charge is 0.133 e. The molecule has 1 N–H and O–H groups in total. The van der Waals surface area contributed by atoms with Gasteiger partial charge in [-0.25, -0.2) is 14.4 Å². The molecule has 0 aliphatic heterocycles. The average Bonchev–Trinajstić information content (AvgIpc) is 2.37. The van der Waals surface area contributed by atoms with Crippen LogP contribution in [0, 0.1) is 19.7 Å². The molecule has 0 unspecified atom stereocenters. The van der Waals surface area contributed by atoms with Crippen molar-refractivity contribution in [2.24, 2.45) is 0 Å². The van der Waals surface area contributed by atoms with Crippen LogP contribution in [0.4, 0.5) is 10.2 Å². The number of anilines is 1. The minimum absolute atomic E-state index is 0.231. The fraction of sp³-hybridized carbons (Fsp3) is 0.375. The van der Waals surface area contributed by atoms with E-state index in [4.69, 9.17) is 0 Å². The van der Waals surface area contributed by atoms with Gasteiger partial charge in [-0.15, -0.1) is 0 Å². The molecule has 20 heavy (non-hydrogen) atoms. The van der Waals surface area contributed by atoms with Crippen molar-refractivity contribution in [1.29, 1.82) is 0 Å². The van der Waals surface area contributed by atoms with Crippen molar-refractivity contribution in [1.82, 2.24) is 9.97 Å². The zero-order chi connectivity index (χ0) is 14.7. The molecule has 0 aliphatic rings. The van der Waals surface area contributed by atoms with Gasteiger partial charge in [-0.3, -0.25) is 0 Å². The minimum Gasteiger partial charge on any atom is -0.370 e. The molecule has 0 saturated carbocycles. The number of halogens is 1. The Bertz CT molecular complexity index is 600. The van der Waals surface area contributed by atoms with Crippen molar-refractivity contribution in [2.75, 3.05) is 11.9 Å². The second-order valence-corrected chi connectivity index (χ2v) is 4.88. The lowest BCUT2D eigenvalue weighted by Gasteiger charge is -2.11. The monoisotopic (exact) mass is 273 g/mol. The summed E-state index contributed by atoms with van der Waals surface area (Å²) in [6, 6.07) is 5.32. The highest BCUT2D eigenvalue weighted by Gasteiger charge is 2.13. The van der Waals surface area contributed by atoms with Crippen LogP contribution in [0.5, 0.6) is 0 Å². The van der Waals surface area contributed by atoms with Crippen LogP contribution in [0.15, 0.2) is 18.2 Å². The van der Waals surface area contributed by atoms with Crippen molar-refractivity contribution < 1.29 is 4.39 Å². The van der Waals surface area contributed by atoms with E-state index in [2.05, 4.69) is 15.3 Å². The first-order valence-corrected chi connectivity index (χ1v) is 6.94. The lowest BCUT2D eigenvalue weighted by Crippen LogP contribution is -2.05. The van der Waals surface area contributed by atoms with Gasteiger partial charge in [0.05, 0.1) is 5.69 Å². The van der Waals surface area contributed by atoms with Crippen LogP contribution >= 0.6 is 0 Å². The zero-order valence-corrected chi connectivity index (χ0v) is 12.4. The van der Waals surface area contributed by atoms with E-state index >= 15 is 0 Å². The summed E-state index contributed by atoms with van der Waals surface area (Å²) in [4.78, 5) is 8.86. The molecule has 0 aliphatic carbocycles. The molecular formula is C16H20FN3. The Balaban J connectivity index is 2.60. The van der Waals surface area contributed by atoms with E-state index in [-0.39, 0.29) is 5.82 Å². The number of aryl methyl sites for hydroxylation is 3. The van der Waals surface area contributed by atoms with Crippen LogP contribution in [0.2, 0.25) is 0 Å². The molecule has 1 aromatic carbocycles. The maximum absolute atomic E-state index is 14.3. The number of benzene rings is 1. The Labute approximate surface area is 119 Å². The molecule has 3 nitrogen and oxygen atoms in total. The predicted octanol–water partition coefficient (Wildman–Crippen LogP) is 3.89. The van der Waals surface area contributed by atoms with Gasteiger partial charge in [0.1, 0.15) is 17.5 Å². The summed E-state index contributed by atoms with van der Waals surface area (Å²) in [7, 11) is 0. The van der Waals surface area contributed by atoms with E-state index in [9.17, 15) is 4.39 Å². The molecule has 0 bridgehead atoms. The molecule has 0 fully saturated rings. The summed E-state index contributed by atoms with van der Waals surface area (Å²) in [6.07, 6.45) is 0.721. The van der Waals surface area contributed by atoms with Crippen LogP contribution in [-0.2, 0) is 6.42 Å². The van der Waals surface area contributed by atoms with Gasteiger partial charge >= 0.3 is 0 Å². The molecule has 0 radical (unpaired) electrons. The Hall–Kier alpha value is -1.97. The minimum atomic E-state index is -0.231. The lowest BCUT2D eigenvalue weighted by molar-refractivity contribution is 0.628. The summed E-state index contributed by atoms with van der Waals surface area (Å²) in [5, 5.41) is 3.17.